The van der Waals surface area contributed by atoms with Crippen LogP contribution in [-0.2, 0) is 0 Å². The molecule has 0 amide bonds. The summed E-state index contributed by atoms with van der Waals surface area (Å²) in [6.45, 7) is 11.2. The van der Waals surface area contributed by atoms with Gasteiger partial charge in [-0.05, 0) is 120 Å². The Morgan fingerprint density at radius 3 is 0.667 bits per heavy atom. The van der Waals surface area contributed by atoms with Crippen molar-refractivity contribution in [3.8, 4) is 0 Å². The Morgan fingerprint density at radius 1 is 0.310 bits per heavy atom. The molecule has 0 rings (SSSR count). The molecule has 0 aliphatic rings. The Labute approximate surface area is 251 Å². The highest BCUT2D eigenvalue weighted by molar-refractivity contribution is 4.92. The normalized spacial score (nSPS) is 23.4. The van der Waals surface area contributed by atoms with Crippen LogP contribution in [0.2, 0.25) is 0 Å². The fourth-order valence-corrected chi connectivity index (χ4v) is 4.65. The fraction of sp³-hybridized carbons (Fsp3) is 1.00. The summed E-state index contributed by atoms with van der Waals surface area (Å²) in [4.78, 5) is 0. The fourth-order valence-electron chi connectivity index (χ4n) is 4.65. The Hall–Kier alpha value is -0.480. The first-order valence-corrected chi connectivity index (χ1v) is 15.0. The van der Waals surface area contributed by atoms with E-state index < -0.39 is 70.2 Å². The van der Waals surface area contributed by atoms with Gasteiger partial charge in [-0.2, -0.15) is 0 Å². The molecule has 0 aliphatic carbocycles. The van der Waals surface area contributed by atoms with Gasteiger partial charge in [0.15, 0.2) is 0 Å². The van der Waals surface area contributed by atoms with Gasteiger partial charge in [0, 0.05) is 0 Å². The van der Waals surface area contributed by atoms with Crippen LogP contribution >= 0.6 is 0 Å². The van der Waals surface area contributed by atoms with E-state index in [0.29, 0.717) is 0 Å². The van der Waals surface area contributed by atoms with E-state index in [4.69, 9.17) is 0 Å². The van der Waals surface area contributed by atoms with Crippen molar-refractivity contribution < 1.29 is 61.3 Å². The summed E-state index contributed by atoms with van der Waals surface area (Å²) in [7, 11) is 0. The molecular formula is C30H62O12. The summed E-state index contributed by atoms with van der Waals surface area (Å²) < 4.78 is 0. The lowest BCUT2D eigenvalue weighted by molar-refractivity contribution is -0.121. The van der Waals surface area contributed by atoms with Gasteiger partial charge < -0.3 is 61.3 Å². The number of aliphatic hydroxyl groups is 12. The van der Waals surface area contributed by atoms with Gasteiger partial charge in [-0.3, -0.25) is 0 Å². The third-order valence-electron chi connectivity index (χ3n) is 8.91. The van der Waals surface area contributed by atoms with Crippen LogP contribution in [0.1, 0.15) is 120 Å². The van der Waals surface area contributed by atoms with E-state index >= 15 is 0 Å². The summed E-state index contributed by atoms with van der Waals surface area (Å²) in [6.07, 6.45) is -8.04. The minimum Gasteiger partial charge on any atom is -0.390 e. The van der Waals surface area contributed by atoms with Crippen LogP contribution in [0.15, 0.2) is 0 Å². The summed E-state index contributed by atoms with van der Waals surface area (Å²) in [5.41, 5.74) is -9.37. The zero-order valence-electron chi connectivity index (χ0n) is 26.9. The van der Waals surface area contributed by atoms with Crippen LogP contribution in [0.4, 0.5) is 0 Å². The monoisotopic (exact) mass is 614 g/mol. The third kappa shape index (κ3) is 14.1. The van der Waals surface area contributed by atoms with Crippen LogP contribution in [0.25, 0.3) is 0 Å². The molecule has 0 aromatic carbocycles. The highest BCUT2D eigenvalue weighted by Gasteiger charge is 2.39. The van der Waals surface area contributed by atoms with E-state index in [1.165, 1.54) is 55.4 Å². The largest absolute Gasteiger partial charge is 0.390 e. The molecule has 12 N–H and O–H groups in total. The molecule has 0 fully saturated rings. The quantitative estimate of drug-likeness (QED) is 0.0790. The number of aliphatic hydroxyl groups excluding tert-OH is 6. The lowest BCUT2D eigenvalue weighted by Crippen LogP contribution is -2.47. The Bertz CT molecular complexity index is 705. The second-order valence-electron chi connectivity index (χ2n) is 14.6. The highest BCUT2D eigenvalue weighted by Crippen LogP contribution is 2.31. The van der Waals surface area contributed by atoms with Crippen LogP contribution in [-0.4, -0.2) is 132 Å². The van der Waals surface area contributed by atoms with Gasteiger partial charge in [0.1, 0.15) is 0 Å². The van der Waals surface area contributed by atoms with Crippen molar-refractivity contribution in [3.63, 3.8) is 0 Å². The van der Waals surface area contributed by atoms with Crippen LogP contribution in [0.3, 0.4) is 0 Å². The van der Waals surface area contributed by atoms with E-state index in [1.54, 1.807) is 0 Å². The van der Waals surface area contributed by atoms with Crippen LogP contribution < -0.4 is 0 Å². The Morgan fingerprint density at radius 2 is 0.476 bits per heavy atom. The molecular weight excluding hydrogens is 552 g/mol. The summed E-state index contributed by atoms with van der Waals surface area (Å²) in [5.74, 6) is 0. The van der Waals surface area contributed by atoms with Gasteiger partial charge in [-0.15, -0.1) is 0 Å². The molecule has 0 bridgehead atoms. The van der Waals surface area contributed by atoms with Gasteiger partial charge in [0.25, 0.3) is 0 Å². The summed E-state index contributed by atoms with van der Waals surface area (Å²) in [6, 6.07) is 0. The van der Waals surface area contributed by atoms with Gasteiger partial charge in [0.05, 0.1) is 70.2 Å². The van der Waals surface area contributed by atoms with E-state index in [2.05, 4.69) is 0 Å². The zero-order valence-corrected chi connectivity index (χ0v) is 26.9. The highest BCUT2D eigenvalue weighted by atomic mass is 16.4. The minimum atomic E-state index is -1.70. The predicted octanol–water partition coefficient (Wildman–Crippen LogP) is -0.401. The molecule has 254 valence electrons. The molecule has 0 aliphatic heterocycles. The summed E-state index contributed by atoms with van der Waals surface area (Å²) in [5, 5.41) is 125. The van der Waals surface area contributed by atoms with Crippen molar-refractivity contribution in [1.29, 1.82) is 0 Å². The topological polar surface area (TPSA) is 243 Å². The maximum atomic E-state index is 10.8. The summed E-state index contributed by atoms with van der Waals surface area (Å²) >= 11 is 0. The predicted molar refractivity (Wildman–Crippen MR) is 157 cm³/mol. The molecule has 0 saturated carbocycles. The molecule has 42 heavy (non-hydrogen) atoms. The van der Waals surface area contributed by atoms with Crippen molar-refractivity contribution in [2.45, 2.75) is 190 Å². The molecule has 0 radical (unpaired) electrons. The van der Waals surface area contributed by atoms with E-state index in [0.717, 1.165) is 0 Å². The van der Waals surface area contributed by atoms with Gasteiger partial charge in [-0.25, -0.2) is 0 Å². The Balaban J connectivity index is 4.85. The molecule has 12 heteroatoms. The van der Waals surface area contributed by atoms with Crippen LogP contribution in [0.5, 0.6) is 0 Å². The number of hydrogen-bond acceptors (Lipinski definition) is 12. The maximum absolute atomic E-state index is 10.8. The molecule has 0 spiro atoms. The third-order valence-corrected chi connectivity index (χ3v) is 8.91. The van der Waals surface area contributed by atoms with E-state index in [-0.39, 0.29) is 64.2 Å². The first-order valence-electron chi connectivity index (χ1n) is 15.0. The van der Waals surface area contributed by atoms with Crippen molar-refractivity contribution >= 4 is 0 Å². The minimum absolute atomic E-state index is 0.0157. The van der Waals surface area contributed by atoms with Gasteiger partial charge in [0.2, 0.25) is 0 Å². The number of hydrogen-bond donors (Lipinski definition) is 12. The van der Waals surface area contributed by atoms with Crippen molar-refractivity contribution in [2.24, 2.45) is 0 Å². The van der Waals surface area contributed by atoms with Crippen molar-refractivity contribution in [2.75, 3.05) is 0 Å². The first kappa shape index (κ1) is 41.5. The average Bonchev–Trinajstić information content (AvgIpc) is 2.84. The molecule has 12 nitrogen and oxygen atoms in total. The van der Waals surface area contributed by atoms with Crippen molar-refractivity contribution in [1.82, 2.24) is 0 Å². The van der Waals surface area contributed by atoms with Gasteiger partial charge >= 0.3 is 0 Å². The maximum Gasteiger partial charge on any atom is 0.0878 e. The van der Waals surface area contributed by atoms with Gasteiger partial charge in [-0.1, -0.05) is 0 Å². The molecule has 0 saturated heterocycles. The molecule has 0 heterocycles. The molecule has 0 aromatic rings. The first-order chi connectivity index (χ1) is 18.6. The van der Waals surface area contributed by atoms with Crippen LogP contribution in [0, 0.1) is 0 Å². The average molecular weight is 615 g/mol. The standard InChI is InChI=1S/C30H62O12/c1-25(2,37)19(31)11-15-29(7,41)23(35)13-17-27(5,39)21(33)9-10-22(34)28(6,40)18-14-24(36)30(8,42)16-12-20(32)26(3,4)38/h19-24,31-42H,9-18H2,1-8H3/t19-,20-,21-,22-,23-,24-,27-,28-,29-,30-/m1/s1. The smallest absolute Gasteiger partial charge is 0.0878 e. The second-order valence-corrected chi connectivity index (χ2v) is 14.6. The van der Waals surface area contributed by atoms with Crippen molar-refractivity contribution in [3.05, 3.63) is 0 Å². The second kappa shape index (κ2) is 15.7. The zero-order chi connectivity index (χ0) is 33.5. The molecule has 0 unspecified atom stereocenters. The SMILES string of the molecule is CC(C)(O)[C@H](O)CC[C@@](C)(O)[C@H](O)CC[C@@](C)(O)[C@H](O)CC[C@@H](O)[C@](C)(O)CC[C@@H](O)[C@](C)(O)CC[C@@H](O)C(C)(C)O. The number of rotatable bonds is 21. The van der Waals surface area contributed by atoms with E-state index in [1.807, 2.05) is 0 Å². The Kier molecular flexibility index (Phi) is 15.5. The molecule has 0 aromatic heterocycles. The lowest BCUT2D eigenvalue weighted by Gasteiger charge is -2.36. The molecule has 10 atom stereocenters. The van der Waals surface area contributed by atoms with E-state index in [9.17, 15) is 61.3 Å². The lowest BCUT2D eigenvalue weighted by atomic mass is 9.81.